The Morgan fingerprint density at radius 1 is 1.12 bits per heavy atom. The van der Waals surface area contributed by atoms with Crippen LogP contribution in [-0.2, 0) is 19.0 Å². The van der Waals surface area contributed by atoms with E-state index in [0.29, 0.717) is 6.61 Å². The van der Waals surface area contributed by atoms with E-state index in [0.717, 1.165) is 51.9 Å². The average Bonchev–Trinajstić information content (AvgIpc) is 3.12. The first kappa shape index (κ1) is 19.1. The van der Waals surface area contributed by atoms with Crippen LogP contribution in [-0.4, -0.2) is 73.7 Å². The van der Waals surface area contributed by atoms with Gasteiger partial charge in [-0.05, 0) is 52.4 Å². The summed E-state index contributed by atoms with van der Waals surface area (Å²) < 4.78 is 17.3. The van der Waals surface area contributed by atoms with Crippen LogP contribution in [0.15, 0.2) is 0 Å². The fourth-order valence-corrected chi connectivity index (χ4v) is 4.33. The number of carbonyl (C=O) groups excluding carboxylic acids is 1. The molecular formula is C19H34N2O4. The molecule has 2 heterocycles. The van der Waals surface area contributed by atoms with Crippen LogP contribution in [0.25, 0.3) is 0 Å². The van der Waals surface area contributed by atoms with Crippen LogP contribution in [0.3, 0.4) is 0 Å². The molecule has 3 aliphatic rings. The molecular weight excluding hydrogens is 320 g/mol. The minimum Gasteiger partial charge on any atom is -0.466 e. The van der Waals surface area contributed by atoms with E-state index in [1.165, 1.54) is 12.8 Å². The second-order valence-electron chi connectivity index (χ2n) is 7.99. The third-order valence-electron chi connectivity index (χ3n) is 5.94. The van der Waals surface area contributed by atoms with E-state index >= 15 is 0 Å². The van der Waals surface area contributed by atoms with Crippen molar-refractivity contribution in [3.05, 3.63) is 0 Å². The van der Waals surface area contributed by atoms with Crippen LogP contribution < -0.4 is 0 Å². The normalized spacial score (nSPS) is 31.5. The zero-order valence-electron chi connectivity index (χ0n) is 16.0. The standard InChI is InChI=1S/C19H34N2O4/c1-4-24-17(22)15-7-9-16(10-8-15)25-18(20-11-5-6-12-20)21-13-19(2,14-21)23-3/h15-16,18H,4-14H2,1-3H3. The Labute approximate surface area is 151 Å². The van der Waals surface area contributed by atoms with Gasteiger partial charge in [0, 0.05) is 33.3 Å². The Morgan fingerprint density at radius 3 is 2.32 bits per heavy atom. The lowest BCUT2D eigenvalue weighted by atomic mass is 9.87. The van der Waals surface area contributed by atoms with Crippen molar-refractivity contribution in [3.8, 4) is 0 Å². The van der Waals surface area contributed by atoms with Gasteiger partial charge in [0.25, 0.3) is 0 Å². The highest BCUT2D eigenvalue weighted by molar-refractivity contribution is 5.72. The Hall–Kier alpha value is -0.690. The van der Waals surface area contributed by atoms with Crippen molar-refractivity contribution in [3.63, 3.8) is 0 Å². The molecule has 0 amide bonds. The molecule has 0 spiro atoms. The molecule has 25 heavy (non-hydrogen) atoms. The summed E-state index contributed by atoms with van der Waals surface area (Å²) in [5.41, 5.74) is -0.0388. The lowest BCUT2D eigenvalue weighted by Crippen LogP contribution is -2.67. The summed E-state index contributed by atoms with van der Waals surface area (Å²) in [5.74, 6) is 0.0291. The van der Waals surface area contributed by atoms with Crippen LogP contribution in [0.2, 0.25) is 0 Å². The number of hydrogen-bond donors (Lipinski definition) is 0. The molecule has 2 aliphatic heterocycles. The van der Waals surface area contributed by atoms with E-state index in [4.69, 9.17) is 14.2 Å². The molecule has 0 N–H and O–H groups in total. The fraction of sp³-hybridized carbons (Fsp3) is 0.947. The molecule has 3 rings (SSSR count). The van der Waals surface area contributed by atoms with Crippen LogP contribution in [0.4, 0.5) is 0 Å². The van der Waals surface area contributed by atoms with Crippen molar-refractivity contribution in [2.24, 2.45) is 5.92 Å². The third-order valence-corrected chi connectivity index (χ3v) is 5.94. The van der Waals surface area contributed by atoms with Crippen LogP contribution >= 0.6 is 0 Å². The van der Waals surface area contributed by atoms with Gasteiger partial charge in [0.2, 0.25) is 0 Å². The fourth-order valence-electron chi connectivity index (χ4n) is 4.33. The van der Waals surface area contributed by atoms with Crippen LogP contribution in [0.5, 0.6) is 0 Å². The molecule has 0 aromatic heterocycles. The van der Waals surface area contributed by atoms with Gasteiger partial charge in [0.05, 0.1) is 24.2 Å². The number of rotatable bonds is 7. The van der Waals surface area contributed by atoms with Gasteiger partial charge in [-0.1, -0.05) is 0 Å². The summed E-state index contributed by atoms with van der Waals surface area (Å²) in [7, 11) is 1.79. The van der Waals surface area contributed by atoms with Crippen molar-refractivity contribution >= 4 is 5.97 Å². The van der Waals surface area contributed by atoms with Crippen molar-refractivity contribution in [1.29, 1.82) is 0 Å². The molecule has 144 valence electrons. The molecule has 6 heteroatoms. The van der Waals surface area contributed by atoms with Gasteiger partial charge in [-0.3, -0.25) is 14.6 Å². The van der Waals surface area contributed by atoms with Crippen molar-refractivity contribution in [2.75, 3.05) is 39.9 Å². The zero-order chi connectivity index (χ0) is 17.9. The molecule has 0 bridgehead atoms. The van der Waals surface area contributed by atoms with Gasteiger partial charge in [0.1, 0.15) is 0 Å². The van der Waals surface area contributed by atoms with Gasteiger partial charge >= 0.3 is 5.97 Å². The molecule has 6 nitrogen and oxygen atoms in total. The van der Waals surface area contributed by atoms with Crippen molar-refractivity contribution < 1.29 is 19.0 Å². The van der Waals surface area contributed by atoms with Gasteiger partial charge in [0.15, 0.2) is 6.35 Å². The predicted molar refractivity (Wildman–Crippen MR) is 95.0 cm³/mol. The second kappa shape index (κ2) is 8.33. The SMILES string of the molecule is CCOC(=O)C1CCC(OC(N2CCCC2)N2CC(C)(OC)C2)CC1. The van der Waals surface area contributed by atoms with E-state index in [2.05, 4.69) is 16.7 Å². The number of ether oxygens (including phenoxy) is 3. The summed E-state index contributed by atoms with van der Waals surface area (Å²) in [6.07, 6.45) is 6.47. The largest absolute Gasteiger partial charge is 0.466 e. The first-order valence-corrected chi connectivity index (χ1v) is 9.90. The molecule has 2 saturated heterocycles. The van der Waals surface area contributed by atoms with Gasteiger partial charge in [-0.15, -0.1) is 0 Å². The Bertz CT molecular complexity index is 439. The monoisotopic (exact) mass is 354 g/mol. The number of likely N-dealkylation sites (tertiary alicyclic amines) is 2. The summed E-state index contributed by atoms with van der Waals surface area (Å²) >= 11 is 0. The number of esters is 1. The van der Waals surface area contributed by atoms with Crippen LogP contribution in [0, 0.1) is 5.92 Å². The maximum Gasteiger partial charge on any atom is 0.308 e. The topological polar surface area (TPSA) is 51.2 Å². The molecule has 1 aliphatic carbocycles. The second-order valence-corrected chi connectivity index (χ2v) is 7.99. The number of methoxy groups -OCH3 is 1. The van der Waals surface area contributed by atoms with Crippen molar-refractivity contribution in [2.45, 2.75) is 70.4 Å². The van der Waals surface area contributed by atoms with E-state index in [1.54, 1.807) is 7.11 Å². The summed E-state index contributed by atoms with van der Waals surface area (Å²) in [4.78, 5) is 16.8. The highest BCUT2D eigenvalue weighted by Crippen LogP contribution is 2.33. The molecule has 0 aromatic rings. The summed E-state index contributed by atoms with van der Waals surface area (Å²) in [5, 5.41) is 0. The minimum atomic E-state index is -0.0388. The Balaban J connectivity index is 1.52. The lowest BCUT2D eigenvalue weighted by molar-refractivity contribution is -0.244. The van der Waals surface area contributed by atoms with E-state index in [1.807, 2.05) is 6.92 Å². The maximum atomic E-state index is 11.9. The molecule has 1 atom stereocenters. The van der Waals surface area contributed by atoms with E-state index in [9.17, 15) is 4.79 Å². The highest BCUT2D eigenvalue weighted by atomic mass is 16.5. The zero-order valence-corrected chi connectivity index (χ0v) is 16.0. The predicted octanol–water partition coefficient (Wildman–Crippen LogP) is 2.23. The van der Waals surface area contributed by atoms with Crippen LogP contribution in [0.1, 0.15) is 52.4 Å². The minimum absolute atomic E-state index is 0.0318. The lowest BCUT2D eigenvalue weighted by Gasteiger charge is -2.52. The molecule has 1 unspecified atom stereocenters. The van der Waals surface area contributed by atoms with Gasteiger partial charge in [-0.2, -0.15) is 0 Å². The number of carbonyl (C=O) groups is 1. The summed E-state index contributed by atoms with van der Waals surface area (Å²) in [6, 6.07) is 0. The van der Waals surface area contributed by atoms with E-state index in [-0.39, 0.29) is 29.9 Å². The number of nitrogens with zero attached hydrogens (tertiary/aromatic N) is 2. The molecule has 1 saturated carbocycles. The molecule has 0 aromatic carbocycles. The van der Waals surface area contributed by atoms with Crippen molar-refractivity contribution in [1.82, 2.24) is 9.80 Å². The quantitative estimate of drug-likeness (QED) is 0.654. The Morgan fingerprint density at radius 2 is 1.76 bits per heavy atom. The highest BCUT2D eigenvalue weighted by Gasteiger charge is 2.45. The first-order chi connectivity index (χ1) is 12.0. The molecule has 3 fully saturated rings. The maximum absolute atomic E-state index is 11.9. The molecule has 0 radical (unpaired) electrons. The first-order valence-electron chi connectivity index (χ1n) is 9.90. The smallest absolute Gasteiger partial charge is 0.308 e. The summed E-state index contributed by atoms with van der Waals surface area (Å²) in [6.45, 7) is 8.57. The third kappa shape index (κ3) is 4.54. The average molecular weight is 354 g/mol. The Kier molecular flexibility index (Phi) is 6.36. The van der Waals surface area contributed by atoms with Gasteiger partial charge < -0.3 is 14.2 Å². The van der Waals surface area contributed by atoms with Gasteiger partial charge in [-0.25, -0.2) is 0 Å². The number of hydrogen-bond acceptors (Lipinski definition) is 6. The van der Waals surface area contributed by atoms with E-state index < -0.39 is 0 Å².